The molecule has 2 aromatic heterocycles. The van der Waals surface area contributed by atoms with Crippen LogP contribution in [0.4, 0.5) is 0 Å². The lowest BCUT2D eigenvalue weighted by atomic mass is 10.2. The number of carbonyl (C=O) groups excluding carboxylic acids is 1. The number of fused-ring (bicyclic) bond motifs is 1. The third-order valence-electron chi connectivity index (χ3n) is 3.39. The van der Waals surface area contributed by atoms with E-state index in [9.17, 15) is 4.79 Å². The van der Waals surface area contributed by atoms with E-state index in [0.29, 0.717) is 17.5 Å². The highest BCUT2D eigenvalue weighted by atomic mass is 32.2. The zero-order valence-electron chi connectivity index (χ0n) is 13.3. The van der Waals surface area contributed by atoms with Crippen molar-refractivity contribution in [2.24, 2.45) is 0 Å². The van der Waals surface area contributed by atoms with E-state index >= 15 is 0 Å². The summed E-state index contributed by atoms with van der Waals surface area (Å²) in [5, 5.41) is 7.40. The number of hydrogen-bond donors (Lipinski definition) is 1. The van der Waals surface area contributed by atoms with Gasteiger partial charge in [-0.15, -0.1) is 5.10 Å². The van der Waals surface area contributed by atoms with E-state index in [1.165, 1.54) is 11.8 Å². The van der Waals surface area contributed by atoms with Crippen LogP contribution in [0.15, 0.2) is 47.9 Å². The Bertz CT molecular complexity index is 818. The molecule has 3 aromatic rings. The van der Waals surface area contributed by atoms with Gasteiger partial charge in [-0.2, -0.15) is 4.98 Å². The minimum atomic E-state index is -0.322. The van der Waals surface area contributed by atoms with Crippen molar-refractivity contribution >= 4 is 23.4 Å². The molecule has 0 bridgehead atoms. The van der Waals surface area contributed by atoms with Crippen molar-refractivity contribution in [3.05, 3.63) is 48.3 Å². The van der Waals surface area contributed by atoms with Gasteiger partial charge in [0.15, 0.2) is 0 Å². The Labute approximate surface area is 143 Å². The summed E-state index contributed by atoms with van der Waals surface area (Å²) in [4.78, 5) is 20.7. The highest BCUT2D eigenvalue weighted by Crippen LogP contribution is 2.21. The van der Waals surface area contributed by atoms with Gasteiger partial charge in [0.2, 0.25) is 11.1 Å². The molecule has 7 nitrogen and oxygen atoms in total. The SMILES string of the molecule is COc1ccccc1CNC(=O)[C@@H](C)Sc1nc2ncccn2n1. The summed E-state index contributed by atoms with van der Waals surface area (Å²) in [7, 11) is 1.61. The number of benzene rings is 1. The molecule has 1 atom stereocenters. The molecule has 1 N–H and O–H groups in total. The maximum atomic E-state index is 12.3. The summed E-state index contributed by atoms with van der Waals surface area (Å²) < 4.78 is 6.87. The zero-order valence-corrected chi connectivity index (χ0v) is 14.2. The van der Waals surface area contributed by atoms with E-state index in [2.05, 4.69) is 20.4 Å². The van der Waals surface area contributed by atoms with Gasteiger partial charge < -0.3 is 10.1 Å². The molecule has 8 heteroatoms. The maximum absolute atomic E-state index is 12.3. The van der Waals surface area contributed by atoms with Crippen molar-refractivity contribution in [2.45, 2.75) is 23.9 Å². The first-order valence-corrected chi connectivity index (χ1v) is 8.29. The Morgan fingerprint density at radius 1 is 1.38 bits per heavy atom. The number of rotatable bonds is 6. The number of carbonyl (C=O) groups is 1. The number of para-hydroxylation sites is 1. The van der Waals surface area contributed by atoms with E-state index in [1.807, 2.05) is 31.2 Å². The van der Waals surface area contributed by atoms with Crippen LogP contribution in [0.5, 0.6) is 5.75 Å². The van der Waals surface area contributed by atoms with Gasteiger partial charge >= 0.3 is 0 Å². The van der Waals surface area contributed by atoms with E-state index in [-0.39, 0.29) is 11.2 Å². The minimum Gasteiger partial charge on any atom is -0.496 e. The van der Waals surface area contributed by atoms with Gasteiger partial charge in [0.1, 0.15) is 5.75 Å². The molecule has 0 saturated heterocycles. The van der Waals surface area contributed by atoms with Gasteiger partial charge in [0.25, 0.3) is 5.78 Å². The van der Waals surface area contributed by atoms with Crippen LogP contribution >= 0.6 is 11.8 Å². The molecule has 0 radical (unpaired) electrons. The van der Waals surface area contributed by atoms with Crippen molar-refractivity contribution in [3.8, 4) is 5.75 Å². The van der Waals surface area contributed by atoms with Gasteiger partial charge in [-0.05, 0) is 19.1 Å². The Hall–Kier alpha value is -2.61. The highest BCUT2D eigenvalue weighted by molar-refractivity contribution is 8.00. The van der Waals surface area contributed by atoms with Crippen LogP contribution in [0, 0.1) is 0 Å². The largest absolute Gasteiger partial charge is 0.496 e. The molecule has 1 amide bonds. The molecule has 0 spiro atoms. The number of amides is 1. The first kappa shape index (κ1) is 16.3. The minimum absolute atomic E-state index is 0.0854. The average Bonchev–Trinajstić information content (AvgIpc) is 3.02. The van der Waals surface area contributed by atoms with Crippen LogP contribution < -0.4 is 10.1 Å². The summed E-state index contributed by atoms with van der Waals surface area (Å²) in [5.74, 6) is 1.19. The molecule has 24 heavy (non-hydrogen) atoms. The van der Waals surface area contributed by atoms with Crippen LogP contribution in [0.3, 0.4) is 0 Å². The van der Waals surface area contributed by atoms with Crippen molar-refractivity contribution in [1.82, 2.24) is 24.9 Å². The van der Waals surface area contributed by atoms with Crippen LogP contribution in [-0.2, 0) is 11.3 Å². The normalized spacial score (nSPS) is 12.1. The number of nitrogens with one attached hydrogen (secondary N) is 1. The summed E-state index contributed by atoms with van der Waals surface area (Å²) in [5.41, 5.74) is 0.931. The van der Waals surface area contributed by atoms with Crippen LogP contribution in [0.1, 0.15) is 12.5 Å². The number of thioether (sulfide) groups is 1. The van der Waals surface area contributed by atoms with Crippen LogP contribution in [0.25, 0.3) is 5.78 Å². The average molecular weight is 343 g/mol. The van der Waals surface area contributed by atoms with E-state index in [1.54, 1.807) is 30.1 Å². The topological polar surface area (TPSA) is 81.4 Å². The second-order valence-corrected chi connectivity index (χ2v) is 6.36. The lowest BCUT2D eigenvalue weighted by Crippen LogP contribution is -2.30. The van der Waals surface area contributed by atoms with Crippen molar-refractivity contribution < 1.29 is 9.53 Å². The van der Waals surface area contributed by atoms with Crippen LogP contribution in [-0.4, -0.2) is 37.8 Å². The van der Waals surface area contributed by atoms with Gasteiger partial charge in [0.05, 0.1) is 12.4 Å². The van der Waals surface area contributed by atoms with E-state index in [0.717, 1.165) is 11.3 Å². The molecule has 3 rings (SSSR count). The zero-order chi connectivity index (χ0) is 16.9. The summed E-state index contributed by atoms with van der Waals surface area (Å²) in [6.07, 6.45) is 3.42. The van der Waals surface area contributed by atoms with E-state index < -0.39 is 0 Å². The molecule has 0 unspecified atom stereocenters. The molecule has 0 aliphatic carbocycles. The molecule has 124 valence electrons. The third kappa shape index (κ3) is 3.65. The summed E-state index contributed by atoms with van der Waals surface area (Å²) in [6, 6.07) is 9.38. The third-order valence-corrected chi connectivity index (χ3v) is 4.35. The summed E-state index contributed by atoms with van der Waals surface area (Å²) in [6.45, 7) is 2.23. The molecule has 0 fully saturated rings. The first-order chi connectivity index (χ1) is 11.7. The number of nitrogens with zero attached hydrogens (tertiary/aromatic N) is 4. The monoisotopic (exact) mass is 343 g/mol. The van der Waals surface area contributed by atoms with Crippen LogP contribution in [0.2, 0.25) is 0 Å². The van der Waals surface area contributed by atoms with Crippen molar-refractivity contribution in [2.75, 3.05) is 7.11 Å². The Balaban J connectivity index is 1.60. The molecule has 2 heterocycles. The van der Waals surface area contributed by atoms with Crippen molar-refractivity contribution in [3.63, 3.8) is 0 Å². The lowest BCUT2D eigenvalue weighted by Gasteiger charge is -2.12. The molecule has 0 aliphatic rings. The fraction of sp³-hybridized carbons (Fsp3) is 0.250. The number of methoxy groups -OCH3 is 1. The van der Waals surface area contributed by atoms with Gasteiger partial charge in [-0.25, -0.2) is 9.50 Å². The molecular weight excluding hydrogens is 326 g/mol. The molecule has 0 aliphatic heterocycles. The Morgan fingerprint density at radius 2 is 2.21 bits per heavy atom. The second-order valence-electron chi connectivity index (χ2n) is 5.05. The fourth-order valence-corrected chi connectivity index (χ4v) is 2.93. The predicted molar refractivity (Wildman–Crippen MR) is 90.9 cm³/mol. The van der Waals surface area contributed by atoms with E-state index in [4.69, 9.17) is 4.74 Å². The van der Waals surface area contributed by atoms with Gasteiger partial charge in [-0.3, -0.25) is 4.79 Å². The molecule has 1 aromatic carbocycles. The standard InChI is InChI=1S/C16H17N5O2S/c1-11(24-16-19-15-17-8-5-9-21(15)20-16)14(22)18-10-12-6-3-4-7-13(12)23-2/h3-9,11H,10H2,1-2H3,(H,18,22)/t11-/m1/s1. The molecule has 0 saturated carbocycles. The maximum Gasteiger partial charge on any atom is 0.253 e. The first-order valence-electron chi connectivity index (χ1n) is 7.41. The lowest BCUT2D eigenvalue weighted by molar-refractivity contribution is -0.120. The second kappa shape index (κ2) is 7.31. The highest BCUT2D eigenvalue weighted by Gasteiger charge is 2.17. The predicted octanol–water partition coefficient (Wildman–Crippen LogP) is 1.93. The Kier molecular flexibility index (Phi) is 4.95. The summed E-state index contributed by atoms with van der Waals surface area (Å²) >= 11 is 1.30. The van der Waals surface area contributed by atoms with Gasteiger partial charge in [0, 0.05) is 24.5 Å². The van der Waals surface area contributed by atoms with Crippen molar-refractivity contribution in [1.29, 1.82) is 0 Å². The Morgan fingerprint density at radius 3 is 3.00 bits per heavy atom. The quantitative estimate of drug-likeness (QED) is 0.689. The van der Waals surface area contributed by atoms with Gasteiger partial charge in [-0.1, -0.05) is 30.0 Å². The fourth-order valence-electron chi connectivity index (χ4n) is 2.15. The number of aromatic nitrogens is 4. The smallest absolute Gasteiger partial charge is 0.253 e. The number of ether oxygens (including phenoxy) is 1. The number of hydrogen-bond acceptors (Lipinski definition) is 6. The molecular formula is C16H17N5O2S.